The van der Waals surface area contributed by atoms with E-state index in [2.05, 4.69) is 39.3 Å². The monoisotopic (exact) mass is 745 g/mol. The van der Waals surface area contributed by atoms with Crippen molar-refractivity contribution >= 4 is 27.3 Å². The molecule has 1 aliphatic rings. The van der Waals surface area contributed by atoms with Crippen LogP contribution >= 0.6 is 0 Å². The fourth-order valence-electron chi connectivity index (χ4n) is 5.56. The van der Waals surface area contributed by atoms with E-state index in [1.165, 1.54) is 12.1 Å². The summed E-state index contributed by atoms with van der Waals surface area (Å²) in [6.07, 6.45) is 1.72. The number of pyridine rings is 1. The molecule has 1 N–H and O–H groups in total. The van der Waals surface area contributed by atoms with Crippen LogP contribution in [0.1, 0.15) is 11.1 Å². The predicted molar refractivity (Wildman–Crippen MR) is 203 cm³/mol. The van der Waals surface area contributed by atoms with Gasteiger partial charge in [0.05, 0.1) is 75.6 Å². The van der Waals surface area contributed by atoms with Crippen LogP contribution in [-0.4, -0.2) is 111 Å². The first-order valence-electron chi connectivity index (χ1n) is 17.5. The standard InChI is InChI=1S/C39H47N5O8S/c1-30-4-8-34(9-5-30)53(45,46)52-25-23-50-21-19-48-18-20-49-22-24-51-38-28-33(7-10-36(38)44-16-14-43(2)15-17-44)42-39-27-32(12-13-41-39)35-26-31(29-40)6-11-37(35)47-3/h4-13,26-28H,14-25H2,1-3H3,(H,41,42). The number of ether oxygens (including phenoxy) is 5. The number of nitrogens with one attached hydrogen (secondary N) is 1. The van der Waals surface area contributed by atoms with E-state index in [0.29, 0.717) is 56.8 Å². The summed E-state index contributed by atoms with van der Waals surface area (Å²) in [7, 11) is -0.0709. The van der Waals surface area contributed by atoms with Gasteiger partial charge in [0.2, 0.25) is 0 Å². The van der Waals surface area contributed by atoms with Crippen molar-refractivity contribution in [3.8, 4) is 28.7 Å². The van der Waals surface area contributed by atoms with Crippen molar-refractivity contribution in [2.45, 2.75) is 11.8 Å². The molecule has 1 saturated heterocycles. The maximum Gasteiger partial charge on any atom is 0.297 e. The molecule has 14 heteroatoms. The van der Waals surface area contributed by atoms with Gasteiger partial charge in [0.15, 0.2) is 0 Å². The molecule has 0 unspecified atom stereocenters. The number of nitrogens with zero attached hydrogens (tertiary/aromatic N) is 4. The molecule has 13 nitrogen and oxygen atoms in total. The van der Waals surface area contributed by atoms with E-state index in [-0.39, 0.29) is 18.1 Å². The highest BCUT2D eigenvalue weighted by atomic mass is 32.2. The van der Waals surface area contributed by atoms with E-state index in [0.717, 1.165) is 60.0 Å². The van der Waals surface area contributed by atoms with E-state index in [4.69, 9.17) is 27.9 Å². The van der Waals surface area contributed by atoms with E-state index in [9.17, 15) is 13.7 Å². The lowest BCUT2D eigenvalue weighted by Crippen LogP contribution is -2.44. The molecule has 53 heavy (non-hydrogen) atoms. The van der Waals surface area contributed by atoms with Gasteiger partial charge in [-0.3, -0.25) is 4.18 Å². The topological polar surface area (TPSA) is 145 Å². The predicted octanol–water partition coefficient (Wildman–Crippen LogP) is 5.27. The Morgan fingerprint density at radius 3 is 2.15 bits per heavy atom. The van der Waals surface area contributed by atoms with Crippen LogP contribution in [0.25, 0.3) is 11.1 Å². The third kappa shape index (κ3) is 11.9. The number of piperazine rings is 1. The lowest BCUT2D eigenvalue weighted by Gasteiger charge is -2.35. The smallest absolute Gasteiger partial charge is 0.297 e. The van der Waals surface area contributed by atoms with Gasteiger partial charge >= 0.3 is 0 Å². The van der Waals surface area contributed by atoms with Crippen molar-refractivity contribution in [1.29, 1.82) is 5.26 Å². The molecule has 4 aromatic rings. The minimum absolute atomic E-state index is 0.0757. The fraction of sp³-hybridized carbons (Fsp3) is 0.385. The van der Waals surface area contributed by atoms with Crippen LogP contribution in [0.5, 0.6) is 11.5 Å². The molecule has 2 heterocycles. The number of methoxy groups -OCH3 is 1. The van der Waals surface area contributed by atoms with E-state index in [1.807, 2.05) is 31.2 Å². The normalized spacial score (nSPS) is 13.4. The van der Waals surface area contributed by atoms with Crippen LogP contribution in [0.2, 0.25) is 0 Å². The molecule has 0 spiro atoms. The van der Waals surface area contributed by atoms with Gasteiger partial charge < -0.3 is 38.8 Å². The largest absolute Gasteiger partial charge is 0.496 e. The first kappa shape index (κ1) is 39.5. The van der Waals surface area contributed by atoms with Crippen LogP contribution < -0.4 is 19.7 Å². The SMILES string of the molecule is COc1ccc(C#N)cc1-c1ccnc(Nc2ccc(N3CCN(C)CC3)c(OCCOCCOCCOCCOS(=O)(=O)c3ccc(C)cc3)c2)c1. The molecule has 0 aliphatic carbocycles. The molecular formula is C39H47N5O8S. The second-order valence-corrected chi connectivity index (χ2v) is 13.9. The number of hydrogen-bond donors (Lipinski definition) is 1. The van der Waals surface area contributed by atoms with Crippen molar-refractivity contribution in [2.75, 3.05) is 103 Å². The lowest BCUT2D eigenvalue weighted by atomic mass is 10.0. The van der Waals surface area contributed by atoms with E-state index < -0.39 is 10.1 Å². The summed E-state index contributed by atoms with van der Waals surface area (Å²) in [5, 5.41) is 12.8. The van der Waals surface area contributed by atoms with E-state index in [1.54, 1.807) is 43.6 Å². The third-order valence-electron chi connectivity index (χ3n) is 8.48. The summed E-state index contributed by atoms with van der Waals surface area (Å²) in [6.45, 7) is 7.79. The molecule has 0 radical (unpaired) electrons. The maximum absolute atomic E-state index is 12.2. The average Bonchev–Trinajstić information content (AvgIpc) is 3.17. The zero-order valence-electron chi connectivity index (χ0n) is 30.5. The van der Waals surface area contributed by atoms with Gasteiger partial charge in [0.1, 0.15) is 23.9 Å². The number of nitriles is 1. The summed E-state index contributed by atoms with van der Waals surface area (Å²) in [4.78, 5) is 9.29. The highest BCUT2D eigenvalue weighted by Gasteiger charge is 2.19. The number of likely N-dealkylation sites (N-methyl/N-ethyl adjacent to an activating group) is 1. The molecule has 1 fully saturated rings. The Balaban J connectivity index is 1.06. The molecule has 0 bridgehead atoms. The Labute approximate surface area is 312 Å². The van der Waals surface area contributed by atoms with Gasteiger partial charge in [-0.2, -0.15) is 13.7 Å². The highest BCUT2D eigenvalue weighted by molar-refractivity contribution is 7.86. The fourth-order valence-corrected chi connectivity index (χ4v) is 6.45. The quantitative estimate of drug-likeness (QED) is 0.0928. The molecular weight excluding hydrogens is 699 g/mol. The number of benzene rings is 3. The van der Waals surface area contributed by atoms with Crippen molar-refractivity contribution < 1.29 is 36.3 Å². The van der Waals surface area contributed by atoms with Crippen LogP contribution in [0.3, 0.4) is 0 Å². The number of rotatable bonds is 20. The number of aryl methyl sites for hydroxylation is 1. The Morgan fingerprint density at radius 1 is 0.792 bits per heavy atom. The van der Waals surface area contributed by atoms with Crippen molar-refractivity contribution in [3.05, 3.63) is 90.1 Å². The number of anilines is 3. The van der Waals surface area contributed by atoms with Crippen LogP contribution in [0.15, 0.2) is 83.9 Å². The Kier molecular flexibility index (Phi) is 14.8. The van der Waals surface area contributed by atoms with Crippen LogP contribution in [0, 0.1) is 18.3 Å². The molecule has 0 amide bonds. The van der Waals surface area contributed by atoms with Gasteiger partial charge in [-0.15, -0.1) is 0 Å². The van der Waals surface area contributed by atoms with Gasteiger partial charge in [0.25, 0.3) is 10.1 Å². The Morgan fingerprint density at radius 2 is 1.47 bits per heavy atom. The third-order valence-corrected chi connectivity index (χ3v) is 9.81. The average molecular weight is 746 g/mol. The first-order valence-corrected chi connectivity index (χ1v) is 18.9. The second-order valence-electron chi connectivity index (χ2n) is 12.3. The minimum Gasteiger partial charge on any atom is -0.496 e. The summed E-state index contributed by atoms with van der Waals surface area (Å²) in [5.41, 5.74) is 5.02. The van der Waals surface area contributed by atoms with Gasteiger partial charge in [-0.1, -0.05) is 17.7 Å². The van der Waals surface area contributed by atoms with Crippen molar-refractivity contribution in [3.63, 3.8) is 0 Å². The van der Waals surface area contributed by atoms with Gasteiger partial charge in [-0.05, 0) is 74.1 Å². The van der Waals surface area contributed by atoms with Gasteiger partial charge in [-0.25, -0.2) is 4.98 Å². The highest BCUT2D eigenvalue weighted by Crippen LogP contribution is 2.35. The summed E-state index contributed by atoms with van der Waals surface area (Å²) >= 11 is 0. The van der Waals surface area contributed by atoms with Crippen LogP contribution in [0.4, 0.5) is 17.2 Å². The summed E-state index contributed by atoms with van der Waals surface area (Å²) in [5.74, 6) is 2.05. The Hall–Kier alpha value is -4.75. The molecule has 5 rings (SSSR count). The van der Waals surface area contributed by atoms with E-state index >= 15 is 0 Å². The zero-order chi connectivity index (χ0) is 37.5. The Bertz CT molecular complexity index is 1910. The minimum atomic E-state index is -3.81. The molecule has 1 aliphatic heterocycles. The first-order chi connectivity index (χ1) is 25.8. The van der Waals surface area contributed by atoms with Gasteiger partial charge in [0, 0.05) is 49.7 Å². The van der Waals surface area contributed by atoms with Crippen LogP contribution in [-0.2, 0) is 28.5 Å². The zero-order valence-corrected chi connectivity index (χ0v) is 31.3. The molecule has 0 atom stereocenters. The summed E-state index contributed by atoms with van der Waals surface area (Å²) < 4.78 is 58.1. The maximum atomic E-state index is 12.2. The van der Waals surface area contributed by atoms with Crippen molar-refractivity contribution in [1.82, 2.24) is 9.88 Å². The summed E-state index contributed by atoms with van der Waals surface area (Å²) in [6, 6.07) is 23.9. The molecule has 0 saturated carbocycles. The molecule has 1 aromatic heterocycles. The lowest BCUT2D eigenvalue weighted by molar-refractivity contribution is 0.00530. The molecule has 282 valence electrons. The molecule has 3 aromatic carbocycles. The second kappa shape index (κ2) is 19.9. The number of hydrogen-bond acceptors (Lipinski definition) is 13. The van der Waals surface area contributed by atoms with Crippen molar-refractivity contribution in [2.24, 2.45) is 0 Å². The number of aromatic nitrogens is 1.